The Balaban J connectivity index is 2.87. The molecule has 0 fully saturated rings. The summed E-state index contributed by atoms with van der Waals surface area (Å²) in [7, 11) is -3.55. The van der Waals surface area contributed by atoms with E-state index in [4.69, 9.17) is 5.84 Å². The van der Waals surface area contributed by atoms with Crippen molar-refractivity contribution in [2.24, 2.45) is 17.2 Å². The van der Waals surface area contributed by atoms with Gasteiger partial charge in [0.15, 0.2) is 0 Å². The lowest BCUT2D eigenvalue weighted by atomic mass is 9.81. The number of hydrogen-bond donors (Lipinski definition) is 3. The summed E-state index contributed by atoms with van der Waals surface area (Å²) in [5.41, 5.74) is 2.21. The van der Waals surface area contributed by atoms with Crippen LogP contribution in [0.3, 0.4) is 0 Å². The number of nitrogen functional groups attached to an aromatic ring is 1. The molecule has 1 heterocycles. The molecule has 4 N–H and O–H groups in total. The maximum absolute atomic E-state index is 12.2. The zero-order chi connectivity index (χ0) is 14.7. The Labute approximate surface area is 114 Å². The van der Waals surface area contributed by atoms with Crippen molar-refractivity contribution >= 4 is 15.8 Å². The predicted octanol–water partition coefficient (Wildman–Crippen LogP) is 1.33. The van der Waals surface area contributed by atoms with E-state index in [2.05, 4.69) is 29.0 Å². The third-order valence-corrected chi connectivity index (χ3v) is 4.87. The van der Waals surface area contributed by atoms with Gasteiger partial charge in [-0.05, 0) is 17.4 Å². The molecule has 108 valence electrons. The van der Waals surface area contributed by atoms with Crippen LogP contribution < -0.4 is 16.0 Å². The monoisotopic (exact) mass is 286 g/mol. The number of hydrazine groups is 1. The van der Waals surface area contributed by atoms with Crippen LogP contribution in [-0.4, -0.2) is 19.9 Å². The number of sulfonamides is 1. The van der Waals surface area contributed by atoms with Gasteiger partial charge in [0.25, 0.3) is 0 Å². The molecule has 0 aromatic carbocycles. The summed E-state index contributed by atoms with van der Waals surface area (Å²) in [5, 5.41) is 0. The van der Waals surface area contributed by atoms with Gasteiger partial charge in [0.05, 0.1) is 4.90 Å². The first kappa shape index (κ1) is 15.9. The Morgan fingerprint density at radius 3 is 2.58 bits per heavy atom. The van der Waals surface area contributed by atoms with Gasteiger partial charge < -0.3 is 5.43 Å². The summed E-state index contributed by atoms with van der Waals surface area (Å²) in [6.45, 7) is 8.56. The molecule has 0 bridgehead atoms. The molecule has 7 heteroatoms. The Morgan fingerprint density at radius 2 is 2.05 bits per heavy atom. The fourth-order valence-corrected chi connectivity index (χ4v) is 2.46. The van der Waals surface area contributed by atoms with Gasteiger partial charge in [-0.2, -0.15) is 0 Å². The molecule has 1 aromatic rings. The van der Waals surface area contributed by atoms with E-state index in [0.717, 1.165) is 0 Å². The van der Waals surface area contributed by atoms with E-state index in [-0.39, 0.29) is 10.3 Å². The normalized spacial score (nSPS) is 12.7. The lowest BCUT2D eigenvalue weighted by Gasteiger charge is -2.29. The number of hydrogen-bond acceptors (Lipinski definition) is 5. The van der Waals surface area contributed by atoms with E-state index < -0.39 is 10.0 Å². The molecule has 0 aliphatic rings. The van der Waals surface area contributed by atoms with Gasteiger partial charge in [-0.15, -0.1) is 0 Å². The van der Waals surface area contributed by atoms with Crippen LogP contribution in [0.5, 0.6) is 0 Å². The van der Waals surface area contributed by atoms with Crippen LogP contribution in [0.2, 0.25) is 0 Å². The first-order valence-corrected chi connectivity index (χ1v) is 7.60. The fourth-order valence-electron chi connectivity index (χ4n) is 1.23. The predicted molar refractivity (Wildman–Crippen MR) is 75.9 cm³/mol. The van der Waals surface area contributed by atoms with E-state index >= 15 is 0 Å². The van der Waals surface area contributed by atoms with E-state index in [0.29, 0.717) is 18.3 Å². The second-order valence-electron chi connectivity index (χ2n) is 5.49. The SMILES string of the molecule is CC(C)C(C)(C)CNS(=O)(=O)c1ccnc(NN)c1. The zero-order valence-corrected chi connectivity index (χ0v) is 12.6. The quantitative estimate of drug-likeness (QED) is 0.541. The topological polar surface area (TPSA) is 97.1 Å². The smallest absolute Gasteiger partial charge is 0.240 e. The third kappa shape index (κ3) is 4.15. The van der Waals surface area contributed by atoms with Crippen molar-refractivity contribution in [1.82, 2.24) is 9.71 Å². The molecular formula is C12H22N4O2S. The first-order valence-electron chi connectivity index (χ1n) is 6.11. The highest BCUT2D eigenvalue weighted by atomic mass is 32.2. The lowest BCUT2D eigenvalue weighted by molar-refractivity contribution is 0.252. The van der Waals surface area contributed by atoms with E-state index in [1.54, 1.807) is 0 Å². The highest BCUT2D eigenvalue weighted by Crippen LogP contribution is 2.25. The lowest BCUT2D eigenvalue weighted by Crippen LogP contribution is -2.37. The van der Waals surface area contributed by atoms with Crippen LogP contribution in [0.15, 0.2) is 23.2 Å². The molecule has 0 radical (unpaired) electrons. The maximum Gasteiger partial charge on any atom is 0.240 e. The molecule has 0 saturated heterocycles. The van der Waals surface area contributed by atoms with Gasteiger partial charge in [0.1, 0.15) is 5.82 Å². The number of pyridine rings is 1. The largest absolute Gasteiger partial charge is 0.308 e. The molecule has 0 unspecified atom stereocenters. The molecule has 0 saturated carbocycles. The minimum Gasteiger partial charge on any atom is -0.308 e. The molecule has 0 aliphatic heterocycles. The van der Waals surface area contributed by atoms with Crippen molar-refractivity contribution in [2.75, 3.05) is 12.0 Å². The second-order valence-corrected chi connectivity index (χ2v) is 7.26. The van der Waals surface area contributed by atoms with Crippen LogP contribution in [0, 0.1) is 11.3 Å². The average Bonchev–Trinajstić information content (AvgIpc) is 2.36. The number of anilines is 1. The first-order chi connectivity index (χ1) is 8.69. The van der Waals surface area contributed by atoms with Crippen LogP contribution in [0.25, 0.3) is 0 Å². The van der Waals surface area contributed by atoms with Crippen molar-refractivity contribution in [3.63, 3.8) is 0 Å². The minimum atomic E-state index is -3.55. The van der Waals surface area contributed by atoms with Gasteiger partial charge in [-0.25, -0.2) is 24.0 Å². The van der Waals surface area contributed by atoms with Crippen molar-refractivity contribution in [3.8, 4) is 0 Å². The van der Waals surface area contributed by atoms with Gasteiger partial charge in [-0.3, -0.25) is 0 Å². The Kier molecular flexibility index (Phi) is 4.89. The number of nitrogens with two attached hydrogens (primary N) is 1. The van der Waals surface area contributed by atoms with Crippen LogP contribution in [-0.2, 0) is 10.0 Å². The summed E-state index contributed by atoms with van der Waals surface area (Å²) in [5.74, 6) is 5.90. The average molecular weight is 286 g/mol. The highest BCUT2D eigenvalue weighted by molar-refractivity contribution is 7.89. The molecular weight excluding hydrogens is 264 g/mol. The van der Waals surface area contributed by atoms with Crippen LogP contribution in [0.1, 0.15) is 27.7 Å². The Hall–Kier alpha value is -1.18. The molecule has 1 rings (SSSR count). The second kappa shape index (κ2) is 5.85. The molecule has 0 amide bonds. The van der Waals surface area contributed by atoms with Crippen LogP contribution in [0.4, 0.5) is 5.82 Å². The zero-order valence-electron chi connectivity index (χ0n) is 11.8. The fraction of sp³-hybridized carbons (Fsp3) is 0.583. The molecule has 0 atom stereocenters. The highest BCUT2D eigenvalue weighted by Gasteiger charge is 2.25. The van der Waals surface area contributed by atoms with Crippen molar-refractivity contribution in [2.45, 2.75) is 32.6 Å². The summed E-state index contributed by atoms with van der Waals surface area (Å²) >= 11 is 0. The molecule has 6 nitrogen and oxygen atoms in total. The van der Waals surface area contributed by atoms with Crippen LogP contribution >= 0.6 is 0 Å². The summed E-state index contributed by atoms with van der Waals surface area (Å²) in [4.78, 5) is 4.03. The van der Waals surface area contributed by atoms with Gasteiger partial charge in [-0.1, -0.05) is 27.7 Å². The van der Waals surface area contributed by atoms with Crippen molar-refractivity contribution in [3.05, 3.63) is 18.3 Å². The molecule has 19 heavy (non-hydrogen) atoms. The molecule has 0 aliphatic carbocycles. The maximum atomic E-state index is 12.2. The third-order valence-electron chi connectivity index (χ3n) is 3.47. The van der Waals surface area contributed by atoms with E-state index in [1.807, 2.05) is 13.8 Å². The summed E-state index contributed by atoms with van der Waals surface area (Å²) < 4.78 is 26.9. The standard InChI is InChI=1S/C12H22N4O2S/c1-9(2)12(3,4)8-15-19(17,18)10-5-6-14-11(7-10)16-13/h5-7,9,15H,8,13H2,1-4H3,(H,14,16). The summed E-state index contributed by atoms with van der Waals surface area (Å²) in [6, 6.07) is 2.83. The van der Waals surface area contributed by atoms with E-state index in [1.165, 1.54) is 18.3 Å². The van der Waals surface area contributed by atoms with E-state index in [9.17, 15) is 8.42 Å². The van der Waals surface area contributed by atoms with Gasteiger partial charge in [0.2, 0.25) is 10.0 Å². The number of nitrogens with zero attached hydrogens (tertiary/aromatic N) is 1. The van der Waals surface area contributed by atoms with Gasteiger partial charge in [0, 0.05) is 18.8 Å². The Morgan fingerprint density at radius 1 is 1.42 bits per heavy atom. The Bertz CT molecular complexity index is 526. The summed E-state index contributed by atoms with van der Waals surface area (Å²) in [6.07, 6.45) is 1.40. The van der Waals surface area contributed by atoms with Crippen molar-refractivity contribution in [1.29, 1.82) is 0 Å². The number of nitrogens with one attached hydrogen (secondary N) is 2. The number of aromatic nitrogens is 1. The molecule has 0 spiro atoms. The molecule has 1 aromatic heterocycles. The number of rotatable bonds is 6. The van der Waals surface area contributed by atoms with Gasteiger partial charge >= 0.3 is 0 Å². The minimum absolute atomic E-state index is 0.116. The van der Waals surface area contributed by atoms with Crippen molar-refractivity contribution < 1.29 is 8.42 Å².